The van der Waals surface area contributed by atoms with E-state index in [1.807, 2.05) is 0 Å². The zero-order valence-electron chi connectivity index (χ0n) is 33.8. The number of unbranched alkanes of at least 4 members (excludes halogenated alkanes) is 2. The predicted molar refractivity (Wildman–Crippen MR) is 222 cm³/mol. The SMILES string of the molecule is COC(=O)CCCCC1SCC2C1NC(=O)N2C(=O)OCCCCNC(=O)C(CSCC=C(C)CCC=C(C)CCC=C(C)CCC=C(C)C)NC(C)=O. The van der Waals surface area contributed by atoms with Crippen LogP contribution in [0, 0.1) is 0 Å². The van der Waals surface area contributed by atoms with Crippen LogP contribution in [0.15, 0.2) is 46.6 Å². The second-order valence-corrected chi connectivity index (χ2v) is 16.9. The van der Waals surface area contributed by atoms with Gasteiger partial charge < -0.3 is 25.4 Å². The van der Waals surface area contributed by atoms with Crippen molar-refractivity contribution >= 4 is 53.4 Å². The topological polar surface area (TPSA) is 143 Å². The van der Waals surface area contributed by atoms with Gasteiger partial charge >= 0.3 is 18.1 Å². The van der Waals surface area contributed by atoms with Gasteiger partial charge in [0.25, 0.3) is 0 Å². The maximum absolute atomic E-state index is 12.9. The number of hydrogen-bond donors (Lipinski definition) is 3. The highest BCUT2D eigenvalue weighted by Gasteiger charge is 2.51. The van der Waals surface area contributed by atoms with Gasteiger partial charge in [-0.3, -0.25) is 14.4 Å². The Morgan fingerprint density at radius 2 is 1.54 bits per heavy atom. The van der Waals surface area contributed by atoms with Gasteiger partial charge in [-0.15, -0.1) is 0 Å². The van der Waals surface area contributed by atoms with Crippen LogP contribution in [-0.4, -0.2) is 95.7 Å². The Labute approximate surface area is 332 Å². The van der Waals surface area contributed by atoms with Crippen molar-refractivity contribution in [3.8, 4) is 0 Å². The Bertz CT molecular complexity index is 1360. The molecule has 0 aromatic carbocycles. The molecular formula is C41H66N4O7S2. The number of carbonyl (C=O) groups excluding carboxylic acids is 5. The van der Waals surface area contributed by atoms with Gasteiger partial charge in [-0.1, -0.05) is 53.0 Å². The number of hydrogen-bond acceptors (Lipinski definition) is 9. The monoisotopic (exact) mass is 790 g/mol. The molecule has 3 N–H and O–H groups in total. The molecule has 2 rings (SSSR count). The molecule has 4 atom stereocenters. The van der Waals surface area contributed by atoms with Crippen molar-refractivity contribution in [2.24, 2.45) is 0 Å². The van der Waals surface area contributed by atoms with E-state index in [4.69, 9.17) is 4.74 Å². The quantitative estimate of drug-likeness (QED) is 0.0363. The minimum Gasteiger partial charge on any atom is -0.469 e. The van der Waals surface area contributed by atoms with Crippen LogP contribution >= 0.6 is 23.5 Å². The Kier molecular flexibility index (Phi) is 23.1. The standard InChI is InChI=1S/C41H66N4O7S2/c1-29(2)15-12-16-30(3)17-13-18-31(4)19-14-20-32(5)23-26-53-27-34(43-33(6)46)39(48)42-24-10-11-25-52-41(50)45-35-28-54-36(38(35)44-40(45)49)21-8-9-22-37(47)51-7/h15,17,19,23,34-36,38H,8-14,16,18,20-22,24-28H2,1-7H3,(H,42,48)(H,43,46)(H,44,49). The Morgan fingerprint density at radius 3 is 2.17 bits per heavy atom. The number of nitrogens with zero attached hydrogens (tertiary/aromatic N) is 1. The summed E-state index contributed by atoms with van der Waals surface area (Å²) in [5.74, 6) is 1.13. The zero-order chi connectivity index (χ0) is 39.9. The maximum atomic E-state index is 12.9. The summed E-state index contributed by atoms with van der Waals surface area (Å²) in [7, 11) is 1.38. The van der Waals surface area contributed by atoms with Gasteiger partial charge in [0, 0.05) is 42.4 Å². The number of thioether (sulfide) groups is 2. The van der Waals surface area contributed by atoms with Crippen LogP contribution in [0.1, 0.15) is 119 Å². The average Bonchev–Trinajstić information content (AvgIpc) is 3.66. The smallest absolute Gasteiger partial charge is 0.418 e. The first-order valence-electron chi connectivity index (χ1n) is 19.5. The molecule has 13 heteroatoms. The Morgan fingerprint density at radius 1 is 0.889 bits per heavy atom. The van der Waals surface area contributed by atoms with Crippen LogP contribution in [0.4, 0.5) is 9.59 Å². The molecule has 11 nitrogen and oxygen atoms in total. The van der Waals surface area contributed by atoms with E-state index in [0.717, 1.165) is 63.5 Å². The molecule has 54 heavy (non-hydrogen) atoms. The van der Waals surface area contributed by atoms with E-state index in [1.165, 1.54) is 41.2 Å². The number of methoxy groups -OCH3 is 1. The van der Waals surface area contributed by atoms with Crippen LogP contribution in [0.5, 0.6) is 0 Å². The molecule has 2 heterocycles. The molecule has 0 radical (unpaired) electrons. The highest BCUT2D eigenvalue weighted by atomic mass is 32.2. The molecule has 5 amide bonds. The number of allylic oxidation sites excluding steroid dienone is 7. The van der Waals surface area contributed by atoms with Crippen LogP contribution < -0.4 is 16.0 Å². The summed E-state index contributed by atoms with van der Waals surface area (Å²) >= 11 is 3.33. The third-order valence-electron chi connectivity index (χ3n) is 9.46. The molecule has 304 valence electrons. The van der Waals surface area contributed by atoms with Gasteiger partial charge in [-0.25, -0.2) is 14.5 Å². The number of urea groups is 1. The highest BCUT2D eigenvalue weighted by Crippen LogP contribution is 2.37. The zero-order valence-corrected chi connectivity index (χ0v) is 35.4. The van der Waals surface area contributed by atoms with Crippen LogP contribution in [0.25, 0.3) is 0 Å². The third-order valence-corrected chi connectivity index (χ3v) is 11.9. The summed E-state index contributed by atoms with van der Waals surface area (Å²) in [4.78, 5) is 62.6. The van der Waals surface area contributed by atoms with Crippen molar-refractivity contribution in [3.63, 3.8) is 0 Å². The molecule has 0 aromatic rings. The number of carbonyl (C=O) groups is 5. The maximum Gasteiger partial charge on any atom is 0.418 e. The van der Waals surface area contributed by atoms with Crippen molar-refractivity contribution < 1.29 is 33.4 Å². The fourth-order valence-electron chi connectivity index (χ4n) is 6.26. The molecule has 2 aliphatic rings. The van der Waals surface area contributed by atoms with Crippen LogP contribution in [0.2, 0.25) is 0 Å². The summed E-state index contributed by atoms with van der Waals surface area (Å²) in [5, 5.41) is 8.76. The van der Waals surface area contributed by atoms with Crippen molar-refractivity contribution in [2.75, 3.05) is 37.5 Å². The van der Waals surface area contributed by atoms with E-state index in [0.29, 0.717) is 37.3 Å². The lowest BCUT2D eigenvalue weighted by molar-refractivity contribution is -0.140. The van der Waals surface area contributed by atoms with Gasteiger partial charge in [0.05, 0.1) is 25.8 Å². The summed E-state index contributed by atoms with van der Waals surface area (Å²) in [6.45, 7) is 12.8. The number of ether oxygens (including phenoxy) is 2. The summed E-state index contributed by atoms with van der Waals surface area (Å²) in [6.07, 6.45) is 18.8. The van der Waals surface area contributed by atoms with E-state index < -0.39 is 18.2 Å². The van der Waals surface area contributed by atoms with E-state index in [9.17, 15) is 24.0 Å². The third kappa shape index (κ3) is 18.9. The number of amides is 5. The van der Waals surface area contributed by atoms with Crippen molar-refractivity contribution in [2.45, 2.75) is 142 Å². The fraction of sp³-hybridized carbons (Fsp3) is 0.683. The average molecular weight is 791 g/mol. The first-order chi connectivity index (χ1) is 25.8. The van der Waals surface area contributed by atoms with E-state index in [1.54, 1.807) is 23.5 Å². The van der Waals surface area contributed by atoms with E-state index in [-0.39, 0.29) is 41.7 Å². The van der Waals surface area contributed by atoms with Gasteiger partial charge in [-0.2, -0.15) is 23.5 Å². The normalized spacial score (nSPS) is 19.2. The number of fused-ring (bicyclic) bond motifs is 1. The first kappa shape index (κ1) is 47.0. The van der Waals surface area contributed by atoms with Gasteiger partial charge in [0.2, 0.25) is 11.8 Å². The minimum absolute atomic E-state index is 0.125. The molecule has 0 spiro atoms. The number of esters is 1. The molecule has 0 bridgehead atoms. The first-order valence-corrected chi connectivity index (χ1v) is 21.7. The lowest BCUT2D eigenvalue weighted by Crippen LogP contribution is -2.47. The number of nitrogens with one attached hydrogen (secondary N) is 3. The number of rotatable bonds is 25. The van der Waals surface area contributed by atoms with Gasteiger partial charge in [0.15, 0.2) is 0 Å². The molecule has 4 unspecified atom stereocenters. The molecule has 0 saturated carbocycles. The lowest BCUT2D eigenvalue weighted by Gasteiger charge is -2.20. The highest BCUT2D eigenvalue weighted by molar-refractivity contribution is 8.00. The molecule has 2 fully saturated rings. The summed E-state index contributed by atoms with van der Waals surface area (Å²) in [6, 6.07) is -1.47. The van der Waals surface area contributed by atoms with Crippen molar-refractivity contribution in [3.05, 3.63) is 46.6 Å². The summed E-state index contributed by atoms with van der Waals surface area (Å²) in [5.41, 5.74) is 5.56. The fourth-order valence-corrected chi connectivity index (χ4v) is 8.86. The molecule has 0 aliphatic carbocycles. The second kappa shape index (κ2) is 26.6. The number of imide groups is 1. The van der Waals surface area contributed by atoms with E-state index in [2.05, 4.69) is 79.6 Å². The Hall–Kier alpha value is -3.19. The molecule has 2 aliphatic heterocycles. The van der Waals surface area contributed by atoms with Gasteiger partial charge in [-0.05, 0) is 98.8 Å². The molecular weight excluding hydrogens is 725 g/mol. The Balaban J connectivity index is 1.63. The molecule has 2 saturated heterocycles. The lowest BCUT2D eigenvalue weighted by atomic mass is 10.0. The van der Waals surface area contributed by atoms with Crippen LogP contribution in [-0.2, 0) is 23.9 Å². The van der Waals surface area contributed by atoms with Crippen LogP contribution in [0.3, 0.4) is 0 Å². The van der Waals surface area contributed by atoms with Gasteiger partial charge in [0.1, 0.15) is 6.04 Å². The summed E-state index contributed by atoms with van der Waals surface area (Å²) < 4.78 is 10.1. The predicted octanol–water partition coefficient (Wildman–Crippen LogP) is 8.01. The van der Waals surface area contributed by atoms with E-state index >= 15 is 0 Å². The molecule has 0 aromatic heterocycles. The van der Waals surface area contributed by atoms with Crippen molar-refractivity contribution in [1.82, 2.24) is 20.9 Å². The van der Waals surface area contributed by atoms with Crippen molar-refractivity contribution in [1.29, 1.82) is 0 Å². The largest absolute Gasteiger partial charge is 0.469 e. The minimum atomic E-state index is -0.658. The second-order valence-electron chi connectivity index (χ2n) is 14.6.